The van der Waals surface area contributed by atoms with Crippen LogP contribution in [0.1, 0.15) is 0 Å². The fourth-order valence-corrected chi connectivity index (χ4v) is 24.6. The van der Waals surface area contributed by atoms with Gasteiger partial charge < -0.3 is 33.3 Å². The van der Waals surface area contributed by atoms with Crippen LogP contribution in [0.25, 0.3) is 179 Å². The summed E-state index contributed by atoms with van der Waals surface area (Å²) >= 11 is 5.46. The minimum absolute atomic E-state index is 0.982. The van der Waals surface area contributed by atoms with Gasteiger partial charge in [-0.15, -0.1) is 34.0 Å². The lowest BCUT2D eigenvalue weighted by molar-refractivity contribution is 1.18. The van der Waals surface area contributed by atoms with Crippen molar-refractivity contribution in [2.75, 3.05) is 19.6 Å². The second kappa shape index (κ2) is 38.2. The van der Waals surface area contributed by atoms with Crippen molar-refractivity contribution >= 4 is 168 Å². The van der Waals surface area contributed by atoms with E-state index in [2.05, 4.69) is 597 Å². The topological polar surface area (TPSA) is 27.8 Å². The molecule has 10 heteroatoms. The SMILES string of the molecule is c1ccc(-c2ccc(-c3ccc(N(c4ccc(-c5ccc6c(c5)c5ccccc5n6-c5ccccc5)cc4)c4ccc(N(c5ccc(N(c6ccc(-c7ccc8c(c7)c7ccccc7n8-c7ccccc7)cc6)c6ccc(-c7ccc(-c8ccccc8)s7)cc6)cc5)c5ccc(N(c6ccc(-c7ccc8c(c7)c7ccccc7n8-c7ccccc7)cc6)c6ccc(-c7ccc(-c8ccccc8)s7)cc6)cc5)cc4)cc3)s2)cc1. The molecule has 0 fully saturated rings. The van der Waals surface area contributed by atoms with Gasteiger partial charge in [-0.3, -0.25) is 0 Å². The molecule has 0 N–H and O–H groups in total. The van der Waals surface area contributed by atoms with Crippen LogP contribution < -0.4 is 19.6 Å². The van der Waals surface area contributed by atoms with E-state index in [9.17, 15) is 0 Å². The number of nitrogens with zero attached hydrogens (tertiary/aromatic N) is 7. The second-order valence-corrected chi connectivity index (χ2v) is 40.8. The summed E-state index contributed by atoms with van der Waals surface area (Å²) in [6, 6.07) is 207. The number of para-hydroxylation sites is 6. The Labute approximate surface area is 871 Å². The molecule has 0 radical (unpaired) electrons. The number of anilines is 12. The van der Waals surface area contributed by atoms with Crippen LogP contribution in [0, 0.1) is 0 Å². The molecular formula is C138H93N7S3. The summed E-state index contributed by atoms with van der Waals surface area (Å²) in [4.78, 5) is 17.0. The first-order valence-electron chi connectivity index (χ1n) is 50.2. The number of aromatic nitrogens is 3. The molecule has 0 saturated heterocycles. The minimum Gasteiger partial charge on any atom is -0.311 e. The van der Waals surface area contributed by atoms with Gasteiger partial charge >= 0.3 is 0 Å². The second-order valence-electron chi connectivity index (χ2n) is 37.5. The van der Waals surface area contributed by atoms with Gasteiger partial charge in [-0.25, -0.2) is 0 Å². The summed E-state index contributed by atoms with van der Waals surface area (Å²) < 4.78 is 7.15. The summed E-state index contributed by atoms with van der Waals surface area (Å²) in [7, 11) is 0. The number of thiophene rings is 3. The monoisotopic (exact) mass is 1940 g/mol. The van der Waals surface area contributed by atoms with Gasteiger partial charge in [-0.05, 0) is 340 Å². The standard InChI is InChI=1S/C138H93N7S3/c1-7-25-97(26-8-1)133-85-88-136(146-133)100-49-64-112(65-50-100)139(109-58-43-94(44-59-109)103-55-82-130-124(91-103)121-37-19-22-40-127(121)143(130)106-31-13-4-14-32-106)115-70-76-118(77-71-115)142(119-78-72-116(73-79-119)140(113-66-51-101(52-67-113)137-89-86-134(147-137)98-27-9-2-10-28-98)110-60-45-95(46-61-110)104-56-83-131-125(92-104)122-38-20-23-41-128(122)144(131)107-33-15-5-16-34-107)120-80-74-117(75-81-120)141(114-68-53-102(54-69-114)138-90-87-135(148-138)99-29-11-3-12-30-99)111-62-47-96(48-63-111)105-57-84-132-126(93-105)123-39-21-24-42-129(123)145(132)108-35-17-6-18-36-108/h1-93H. The average molecular weight is 1950 g/mol. The molecule has 0 amide bonds. The molecule has 6 heterocycles. The summed E-state index contributed by atoms with van der Waals surface area (Å²) in [5.74, 6) is 0. The number of hydrogen-bond acceptors (Lipinski definition) is 7. The van der Waals surface area contributed by atoms with Gasteiger partial charge in [0.05, 0.1) is 33.1 Å². The maximum atomic E-state index is 2.41. The fraction of sp³-hybridized carbons (Fsp3) is 0. The molecule has 27 aromatic rings. The Morgan fingerprint density at radius 3 is 0.480 bits per heavy atom. The van der Waals surface area contributed by atoms with Crippen LogP contribution in [0.5, 0.6) is 0 Å². The van der Waals surface area contributed by atoms with Crippen molar-refractivity contribution < 1.29 is 0 Å². The molecule has 148 heavy (non-hydrogen) atoms. The van der Waals surface area contributed by atoms with Crippen molar-refractivity contribution in [3.05, 3.63) is 564 Å². The maximum absolute atomic E-state index is 2.41. The predicted molar refractivity (Wildman–Crippen MR) is 631 cm³/mol. The number of fused-ring (bicyclic) bond motifs is 9. The lowest BCUT2D eigenvalue weighted by Crippen LogP contribution is -2.14. The van der Waals surface area contributed by atoms with Crippen molar-refractivity contribution in [3.63, 3.8) is 0 Å². The molecule has 21 aromatic carbocycles. The molecular weight excluding hydrogens is 1850 g/mol. The van der Waals surface area contributed by atoms with Crippen molar-refractivity contribution in [3.8, 4) is 113 Å². The number of benzene rings is 21. The zero-order valence-corrected chi connectivity index (χ0v) is 83.0. The molecule has 0 saturated carbocycles. The van der Waals surface area contributed by atoms with Gasteiger partial charge in [0, 0.05) is 147 Å². The highest BCUT2D eigenvalue weighted by molar-refractivity contribution is 7.19. The lowest BCUT2D eigenvalue weighted by atomic mass is 10.0. The first kappa shape index (κ1) is 88.3. The third-order valence-corrected chi connectivity index (χ3v) is 32.3. The van der Waals surface area contributed by atoms with Gasteiger partial charge in [0.15, 0.2) is 0 Å². The third kappa shape index (κ3) is 16.6. The minimum atomic E-state index is 0.982. The van der Waals surface area contributed by atoms with Gasteiger partial charge in [-0.2, -0.15) is 0 Å². The van der Waals surface area contributed by atoms with Crippen LogP contribution >= 0.6 is 34.0 Å². The first-order chi connectivity index (χ1) is 73.3. The van der Waals surface area contributed by atoms with Crippen molar-refractivity contribution in [1.29, 1.82) is 0 Å². The smallest absolute Gasteiger partial charge is 0.0541 e. The highest BCUT2D eigenvalue weighted by atomic mass is 32.1. The van der Waals surface area contributed by atoms with Crippen LogP contribution in [-0.4, -0.2) is 13.7 Å². The molecule has 0 aliphatic carbocycles. The Morgan fingerprint density at radius 1 is 0.115 bits per heavy atom. The van der Waals surface area contributed by atoms with Crippen molar-refractivity contribution in [2.45, 2.75) is 0 Å². The third-order valence-electron chi connectivity index (χ3n) is 28.8. The Hall–Kier alpha value is -18.7. The van der Waals surface area contributed by atoms with E-state index in [4.69, 9.17) is 0 Å². The van der Waals surface area contributed by atoms with E-state index in [0.29, 0.717) is 0 Å². The zero-order valence-electron chi connectivity index (χ0n) is 80.5. The lowest BCUT2D eigenvalue weighted by Gasteiger charge is -2.30. The zero-order chi connectivity index (χ0) is 97.9. The van der Waals surface area contributed by atoms with E-state index in [0.717, 1.165) is 135 Å². The molecule has 7 nitrogen and oxygen atoms in total. The van der Waals surface area contributed by atoms with Gasteiger partial charge in [0.1, 0.15) is 0 Å². The predicted octanol–water partition coefficient (Wildman–Crippen LogP) is 40.0. The van der Waals surface area contributed by atoms with E-state index in [-0.39, 0.29) is 0 Å². The Morgan fingerprint density at radius 2 is 0.270 bits per heavy atom. The normalized spacial score (nSPS) is 11.5. The molecule has 698 valence electrons. The molecule has 0 bridgehead atoms. The summed E-state index contributed by atoms with van der Waals surface area (Å²) in [6.07, 6.45) is 0. The Balaban J connectivity index is 0.581. The molecule has 0 aliphatic rings. The van der Waals surface area contributed by atoms with Crippen LogP contribution in [0.3, 0.4) is 0 Å². The van der Waals surface area contributed by atoms with Crippen molar-refractivity contribution in [2.24, 2.45) is 0 Å². The van der Waals surface area contributed by atoms with Crippen LogP contribution in [0.2, 0.25) is 0 Å². The first-order valence-corrected chi connectivity index (χ1v) is 52.7. The molecule has 0 spiro atoms. The molecule has 0 aliphatic heterocycles. The van der Waals surface area contributed by atoms with E-state index < -0.39 is 0 Å². The quantitative estimate of drug-likeness (QED) is 0.0603. The number of hydrogen-bond donors (Lipinski definition) is 0. The highest BCUT2D eigenvalue weighted by Crippen LogP contribution is 2.50. The van der Waals surface area contributed by atoms with Crippen LogP contribution in [0.4, 0.5) is 68.2 Å². The summed E-state index contributed by atoms with van der Waals surface area (Å²) in [5.41, 5.74) is 36.6. The number of rotatable bonds is 24. The summed E-state index contributed by atoms with van der Waals surface area (Å²) in [5, 5.41) is 7.31. The molecule has 27 rings (SSSR count). The molecule has 6 aromatic heterocycles. The van der Waals surface area contributed by atoms with Crippen LogP contribution in [0.15, 0.2) is 564 Å². The van der Waals surface area contributed by atoms with Gasteiger partial charge in [0.25, 0.3) is 0 Å². The van der Waals surface area contributed by atoms with Gasteiger partial charge in [0.2, 0.25) is 0 Å². The molecule has 0 atom stereocenters. The van der Waals surface area contributed by atoms with E-state index >= 15 is 0 Å². The average Bonchev–Trinajstić information content (AvgIpc) is 1.59. The summed E-state index contributed by atoms with van der Waals surface area (Å²) in [6.45, 7) is 0. The Kier molecular flexibility index (Phi) is 22.8. The van der Waals surface area contributed by atoms with E-state index in [1.807, 2.05) is 34.0 Å². The van der Waals surface area contributed by atoms with E-state index in [1.165, 1.54) is 111 Å². The highest BCUT2D eigenvalue weighted by Gasteiger charge is 2.26. The molecule has 0 unspecified atom stereocenters. The van der Waals surface area contributed by atoms with Gasteiger partial charge in [-0.1, -0.05) is 291 Å². The fourth-order valence-electron chi connectivity index (χ4n) is 21.5. The Bertz CT molecular complexity index is 8620. The van der Waals surface area contributed by atoms with Crippen LogP contribution in [-0.2, 0) is 0 Å². The van der Waals surface area contributed by atoms with Crippen molar-refractivity contribution in [1.82, 2.24) is 13.7 Å². The van der Waals surface area contributed by atoms with E-state index in [1.54, 1.807) is 0 Å². The largest absolute Gasteiger partial charge is 0.311 e. The maximum Gasteiger partial charge on any atom is 0.0541 e.